The summed E-state index contributed by atoms with van der Waals surface area (Å²) in [7, 11) is -3.70. The van der Waals surface area contributed by atoms with E-state index in [4.69, 9.17) is 0 Å². The monoisotopic (exact) mass is 426 g/mol. The van der Waals surface area contributed by atoms with E-state index < -0.39 is 15.8 Å². The topological polar surface area (TPSA) is 66.5 Å². The lowest BCUT2D eigenvalue weighted by molar-refractivity contribution is 0.102. The molecule has 156 valence electrons. The average molecular weight is 427 g/mol. The van der Waals surface area contributed by atoms with Gasteiger partial charge in [0, 0.05) is 11.3 Å². The molecule has 0 aromatic heterocycles. The highest BCUT2D eigenvalue weighted by Gasteiger charge is 2.21. The minimum atomic E-state index is -3.70. The van der Waals surface area contributed by atoms with Gasteiger partial charge < -0.3 is 5.32 Å². The third kappa shape index (κ3) is 4.86. The molecule has 0 heterocycles. The fraction of sp³-hybridized carbons (Fsp3) is 0.174. The van der Waals surface area contributed by atoms with Gasteiger partial charge in [-0.05, 0) is 60.9 Å². The predicted molar refractivity (Wildman–Crippen MR) is 118 cm³/mol. The van der Waals surface area contributed by atoms with Gasteiger partial charge in [0.05, 0.1) is 18.5 Å². The van der Waals surface area contributed by atoms with Crippen LogP contribution >= 0.6 is 0 Å². The van der Waals surface area contributed by atoms with Crippen LogP contribution in [0.3, 0.4) is 0 Å². The number of amides is 1. The van der Waals surface area contributed by atoms with Crippen molar-refractivity contribution in [3.8, 4) is 0 Å². The van der Waals surface area contributed by atoms with Crippen LogP contribution in [0.5, 0.6) is 0 Å². The molecule has 0 saturated carbocycles. The minimum absolute atomic E-state index is 0.0169. The molecule has 7 heteroatoms. The molecule has 0 atom stereocenters. The predicted octanol–water partition coefficient (Wildman–Crippen LogP) is 4.66. The molecule has 3 aromatic rings. The van der Waals surface area contributed by atoms with Crippen molar-refractivity contribution in [1.82, 2.24) is 0 Å². The fourth-order valence-electron chi connectivity index (χ4n) is 3.04. The van der Waals surface area contributed by atoms with Gasteiger partial charge in [-0.3, -0.25) is 9.10 Å². The number of para-hydroxylation sites is 1. The van der Waals surface area contributed by atoms with Crippen LogP contribution in [-0.4, -0.2) is 20.6 Å². The van der Waals surface area contributed by atoms with Crippen LogP contribution in [0.1, 0.15) is 27.0 Å². The number of rotatable bonds is 6. The zero-order valence-electron chi connectivity index (χ0n) is 17.0. The van der Waals surface area contributed by atoms with Crippen LogP contribution in [-0.2, 0) is 16.6 Å². The molecule has 1 amide bonds. The first kappa shape index (κ1) is 21.5. The van der Waals surface area contributed by atoms with Crippen LogP contribution < -0.4 is 9.62 Å². The van der Waals surface area contributed by atoms with E-state index in [9.17, 15) is 17.6 Å². The number of carbonyl (C=O) groups is 1. The molecule has 3 aromatic carbocycles. The standard InChI is InChI=1S/C23H23FN2O3S/c1-16-7-6-9-21(17(16)2)25-23(27)19-13-11-18(12-14-19)15-26(30(3,28)29)22-10-5-4-8-20(22)24/h4-14H,15H2,1-3H3,(H,25,27). The van der Waals surface area contributed by atoms with Gasteiger partial charge in [-0.15, -0.1) is 0 Å². The Bertz CT molecular complexity index is 1180. The number of halogens is 1. The number of aryl methyl sites for hydroxylation is 1. The van der Waals surface area contributed by atoms with Gasteiger partial charge in [0.25, 0.3) is 5.91 Å². The van der Waals surface area contributed by atoms with Gasteiger partial charge in [-0.25, -0.2) is 12.8 Å². The van der Waals surface area contributed by atoms with Crippen molar-refractivity contribution in [2.24, 2.45) is 0 Å². The van der Waals surface area contributed by atoms with Gasteiger partial charge in [-0.2, -0.15) is 0 Å². The van der Waals surface area contributed by atoms with E-state index in [1.807, 2.05) is 32.0 Å². The van der Waals surface area contributed by atoms with Crippen molar-refractivity contribution >= 4 is 27.3 Å². The summed E-state index contributed by atoms with van der Waals surface area (Å²) in [5, 5.41) is 2.89. The summed E-state index contributed by atoms with van der Waals surface area (Å²) in [6, 6.07) is 18.0. The van der Waals surface area contributed by atoms with Gasteiger partial charge in [0.1, 0.15) is 5.82 Å². The number of nitrogens with one attached hydrogen (secondary N) is 1. The summed E-state index contributed by atoms with van der Waals surface area (Å²) in [5.74, 6) is -0.878. The smallest absolute Gasteiger partial charge is 0.255 e. The maximum atomic E-state index is 14.2. The Morgan fingerprint density at radius 3 is 2.27 bits per heavy atom. The first-order valence-corrected chi connectivity index (χ1v) is 11.2. The molecule has 0 aliphatic rings. The highest BCUT2D eigenvalue weighted by molar-refractivity contribution is 7.92. The molecule has 0 unspecified atom stereocenters. The van der Waals surface area contributed by atoms with Gasteiger partial charge >= 0.3 is 0 Å². The maximum Gasteiger partial charge on any atom is 0.255 e. The van der Waals surface area contributed by atoms with Crippen LogP contribution in [0.25, 0.3) is 0 Å². The molecule has 0 aliphatic carbocycles. The highest BCUT2D eigenvalue weighted by atomic mass is 32.2. The molecule has 5 nitrogen and oxygen atoms in total. The SMILES string of the molecule is Cc1cccc(NC(=O)c2ccc(CN(c3ccccc3F)S(C)(=O)=O)cc2)c1C. The van der Waals surface area contributed by atoms with E-state index >= 15 is 0 Å². The molecular weight excluding hydrogens is 403 g/mol. The summed E-state index contributed by atoms with van der Waals surface area (Å²) in [5.41, 5.74) is 3.88. The lowest BCUT2D eigenvalue weighted by atomic mass is 10.1. The molecule has 3 rings (SSSR count). The molecular formula is C23H23FN2O3S. The lowest BCUT2D eigenvalue weighted by Gasteiger charge is -2.23. The summed E-state index contributed by atoms with van der Waals surface area (Å²) >= 11 is 0. The van der Waals surface area contributed by atoms with Crippen molar-refractivity contribution in [3.05, 3.63) is 94.8 Å². The Morgan fingerprint density at radius 1 is 0.967 bits per heavy atom. The van der Waals surface area contributed by atoms with Crippen LogP contribution in [0.15, 0.2) is 66.7 Å². The number of benzene rings is 3. The number of hydrogen-bond acceptors (Lipinski definition) is 3. The Hall–Kier alpha value is -3.19. The zero-order chi connectivity index (χ0) is 21.9. The molecule has 0 bridgehead atoms. The van der Waals surface area contributed by atoms with Crippen molar-refractivity contribution < 1.29 is 17.6 Å². The van der Waals surface area contributed by atoms with Gasteiger partial charge in [-0.1, -0.05) is 36.4 Å². The summed E-state index contributed by atoms with van der Waals surface area (Å²) in [6.07, 6.45) is 1.03. The van der Waals surface area contributed by atoms with Crippen LogP contribution in [0.2, 0.25) is 0 Å². The zero-order valence-corrected chi connectivity index (χ0v) is 17.8. The van der Waals surface area contributed by atoms with Crippen molar-refractivity contribution in [3.63, 3.8) is 0 Å². The van der Waals surface area contributed by atoms with E-state index in [-0.39, 0.29) is 18.1 Å². The highest BCUT2D eigenvalue weighted by Crippen LogP contribution is 2.24. The Labute approximate surface area is 176 Å². The van der Waals surface area contributed by atoms with Gasteiger partial charge in [0.15, 0.2) is 0 Å². The summed E-state index contributed by atoms with van der Waals surface area (Å²) in [6.45, 7) is 3.87. The lowest BCUT2D eigenvalue weighted by Crippen LogP contribution is -2.30. The number of carbonyl (C=O) groups excluding carboxylic acids is 1. The molecule has 0 saturated heterocycles. The fourth-order valence-corrected chi connectivity index (χ4v) is 3.93. The normalized spacial score (nSPS) is 11.2. The third-order valence-electron chi connectivity index (χ3n) is 4.92. The second kappa shape index (κ2) is 8.67. The number of sulfonamides is 1. The Balaban J connectivity index is 1.80. The molecule has 1 N–H and O–H groups in total. The molecule has 0 radical (unpaired) electrons. The van der Waals surface area contributed by atoms with E-state index in [2.05, 4.69) is 5.32 Å². The summed E-state index contributed by atoms with van der Waals surface area (Å²) < 4.78 is 39.6. The molecule has 30 heavy (non-hydrogen) atoms. The second-order valence-corrected chi connectivity index (χ2v) is 9.03. The third-order valence-corrected chi connectivity index (χ3v) is 6.04. The average Bonchev–Trinajstić information content (AvgIpc) is 2.70. The van der Waals surface area contributed by atoms with Crippen molar-refractivity contribution in [2.75, 3.05) is 15.9 Å². The van der Waals surface area contributed by atoms with E-state index in [1.54, 1.807) is 30.3 Å². The second-order valence-electron chi connectivity index (χ2n) is 7.12. The Kier molecular flexibility index (Phi) is 6.22. The van der Waals surface area contributed by atoms with E-state index in [0.717, 1.165) is 27.4 Å². The van der Waals surface area contributed by atoms with Crippen molar-refractivity contribution in [2.45, 2.75) is 20.4 Å². The summed E-state index contributed by atoms with van der Waals surface area (Å²) in [4.78, 5) is 12.6. The number of nitrogens with zero attached hydrogens (tertiary/aromatic N) is 1. The van der Waals surface area contributed by atoms with E-state index in [1.165, 1.54) is 18.2 Å². The molecule has 0 spiro atoms. The van der Waals surface area contributed by atoms with Gasteiger partial charge in [0.2, 0.25) is 10.0 Å². The van der Waals surface area contributed by atoms with Crippen molar-refractivity contribution in [1.29, 1.82) is 0 Å². The largest absolute Gasteiger partial charge is 0.322 e. The number of hydrogen-bond donors (Lipinski definition) is 1. The maximum absolute atomic E-state index is 14.2. The number of anilines is 2. The van der Waals surface area contributed by atoms with E-state index in [0.29, 0.717) is 11.1 Å². The first-order chi connectivity index (χ1) is 14.2. The van der Waals surface area contributed by atoms with Crippen LogP contribution in [0, 0.1) is 19.7 Å². The first-order valence-electron chi connectivity index (χ1n) is 9.35. The molecule has 0 fully saturated rings. The quantitative estimate of drug-likeness (QED) is 0.623. The van der Waals surface area contributed by atoms with Crippen LogP contribution in [0.4, 0.5) is 15.8 Å². The molecule has 0 aliphatic heterocycles. The minimum Gasteiger partial charge on any atom is -0.322 e. The Morgan fingerprint density at radius 2 is 1.63 bits per heavy atom.